The van der Waals surface area contributed by atoms with Gasteiger partial charge in [-0.25, -0.2) is 0 Å². The van der Waals surface area contributed by atoms with Gasteiger partial charge in [-0.2, -0.15) is 5.26 Å². The molecule has 0 aromatic heterocycles. The molecule has 142 valence electrons. The van der Waals surface area contributed by atoms with Crippen LogP contribution in [0.1, 0.15) is 37.9 Å². The molecule has 2 aromatic rings. The smallest absolute Gasteiger partial charge is 0.258 e. The predicted octanol–water partition coefficient (Wildman–Crippen LogP) is 3.61. The summed E-state index contributed by atoms with van der Waals surface area (Å²) in [5, 5.41) is 11.7. The van der Waals surface area contributed by atoms with Crippen LogP contribution in [-0.2, 0) is 4.79 Å². The number of hydrogen-bond acceptors (Lipinski definition) is 5. The largest absolute Gasteiger partial charge is 0.490 e. The lowest BCUT2D eigenvalue weighted by Crippen LogP contribution is -2.31. The third-order valence-corrected chi connectivity index (χ3v) is 3.80. The Balaban J connectivity index is 1.94. The van der Waals surface area contributed by atoms with Gasteiger partial charge in [-0.05, 0) is 62.7 Å². The van der Waals surface area contributed by atoms with Crippen LogP contribution in [0, 0.1) is 11.3 Å². The molecule has 0 spiro atoms. The standard InChI is InChI=1S/C21H24N2O4/c1-4-25-19-11-8-17(12-20(19)26-5-2)15(3)23-21(24)14-27-18-9-6-16(13-22)7-10-18/h6-12,15H,4-5,14H2,1-3H3,(H,23,24). The van der Waals surface area contributed by atoms with Crippen LogP contribution in [0.3, 0.4) is 0 Å². The summed E-state index contributed by atoms with van der Waals surface area (Å²) in [6.07, 6.45) is 0. The summed E-state index contributed by atoms with van der Waals surface area (Å²) >= 11 is 0. The summed E-state index contributed by atoms with van der Waals surface area (Å²) in [7, 11) is 0. The lowest BCUT2D eigenvalue weighted by Gasteiger charge is -2.17. The second-order valence-corrected chi connectivity index (χ2v) is 5.79. The van der Waals surface area contributed by atoms with Gasteiger partial charge in [0.1, 0.15) is 5.75 Å². The first-order chi connectivity index (χ1) is 13.1. The lowest BCUT2D eigenvalue weighted by molar-refractivity contribution is -0.123. The number of nitriles is 1. The number of rotatable bonds is 9. The summed E-state index contributed by atoms with van der Waals surface area (Å²) in [6, 6.07) is 14.1. The number of ether oxygens (including phenoxy) is 3. The van der Waals surface area contributed by atoms with Gasteiger partial charge in [0, 0.05) is 0 Å². The number of hydrogen-bond donors (Lipinski definition) is 1. The summed E-state index contributed by atoms with van der Waals surface area (Å²) < 4.78 is 16.6. The molecule has 0 fully saturated rings. The molecule has 1 N–H and O–H groups in total. The molecule has 1 atom stereocenters. The molecule has 0 aliphatic rings. The monoisotopic (exact) mass is 368 g/mol. The van der Waals surface area contributed by atoms with Crippen molar-refractivity contribution in [2.75, 3.05) is 19.8 Å². The van der Waals surface area contributed by atoms with Gasteiger partial charge >= 0.3 is 0 Å². The van der Waals surface area contributed by atoms with E-state index < -0.39 is 0 Å². The van der Waals surface area contributed by atoms with E-state index >= 15 is 0 Å². The fraction of sp³-hybridized carbons (Fsp3) is 0.333. The molecule has 0 aliphatic carbocycles. The SMILES string of the molecule is CCOc1ccc(C(C)NC(=O)COc2ccc(C#N)cc2)cc1OCC. The molecule has 1 unspecified atom stereocenters. The Bertz CT molecular complexity index is 797. The molecule has 0 radical (unpaired) electrons. The molecule has 27 heavy (non-hydrogen) atoms. The topological polar surface area (TPSA) is 80.6 Å². The minimum atomic E-state index is -0.237. The molecule has 0 saturated heterocycles. The highest BCUT2D eigenvalue weighted by molar-refractivity contribution is 5.78. The molecule has 6 nitrogen and oxygen atoms in total. The van der Waals surface area contributed by atoms with E-state index in [-0.39, 0.29) is 18.6 Å². The van der Waals surface area contributed by atoms with E-state index in [9.17, 15) is 4.79 Å². The van der Waals surface area contributed by atoms with Crippen molar-refractivity contribution in [3.8, 4) is 23.3 Å². The predicted molar refractivity (Wildman–Crippen MR) is 102 cm³/mol. The van der Waals surface area contributed by atoms with Gasteiger partial charge in [-0.1, -0.05) is 6.07 Å². The third kappa shape index (κ3) is 5.93. The van der Waals surface area contributed by atoms with Crippen LogP contribution in [0.15, 0.2) is 42.5 Å². The van der Waals surface area contributed by atoms with E-state index in [1.165, 1.54) is 0 Å². The average Bonchev–Trinajstić information content (AvgIpc) is 2.68. The Labute approximate surface area is 159 Å². The van der Waals surface area contributed by atoms with Gasteiger partial charge in [0.2, 0.25) is 0 Å². The lowest BCUT2D eigenvalue weighted by atomic mass is 10.1. The van der Waals surface area contributed by atoms with Crippen molar-refractivity contribution >= 4 is 5.91 Å². The van der Waals surface area contributed by atoms with E-state index in [1.54, 1.807) is 24.3 Å². The van der Waals surface area contributed by atoms with Crippen LogP contribution in [-0.4, -0.2) is 25.7 Å². The molecule has 0 bridgehead atoms. The van der Waals surface area contributed by atoms with Crippen LogP contribution in [0.25, 0.3) is 0 Å². The number of carbonyl (C=O) groups excluding carboxylic acids is 1. The number of benzene rings is 2. The normalized spacial score (nSPS) is 11.2. The fourth-order valence-electron chi connectivity index (χ4n) is 2.48. The third-order valence-electron chi connectivity index (χ3n) is 3.80. The highest BCUT2D eigenvalue weighted by atomic mass is 16.5. The summed E-state index contributed by atoms with van der Waals surface area (Å²) in [6.45, 7) is 6.70. The molecular weight excluding hydrogens is 344 g/mol. The van der Waals surface area contributed by atoms with Crippen molar-refractivity contribution in [1.82, 2.24) is 5.32 Å². The first-order valence-electron chi connectivity index (χ1n) is 8.89. The molecule has 0 heterocycles. The van der Waals surface area contributed by atoms with Crippen molar-refractivity contribution in [1.29, 1.82) is 5.26 Å². The molecule has 0 saturated carbocycles. The zero-order valence-corrected chi connectivity index (χ0v) is 15.8. The van der Waals surface area contributed by atoms with Crippen molar-refractivity contribution in [2.45, 2.75) is 26.8 Å². The van der Waals surface area contributed by atoms with Crippen LogP contribution in [0.2, 0.25) is 0 Å². The fourth-order valence-corrected chi connectivity index (χ4v) is 2.48. The zero-order valence-electron chi connectivity index (χ0n) is 15.8. The van der Waals surface area contributed by atoms with Crippen LogP contribution in [0.4, 0.5) is 0 Å². The maximum atomic E-state index is 12.2. The Hall–Kier alpha value is -3.20. The number of nitrogens with one attached hydrogen (secondary N) is 1. The molecule has 2 aromatic carbocycles. The van der Waals surface area contributed by atoms with Crippen molar-refractivity contribution < 1.29 is 19.0 Å². The van der Waals surface area contributed by atoms with E-state index in [1.807, 2.05) is 45.0 Å². The second kappa shape index (κ2) is 10.1. The highest BCUT2D eigenvalue weighted by Gasteiger charge is 2.13. The Kier molecular flexibility index (Phi) is 7.50. The maximum Gasteiger partial charge on any atom is 0.258 e. The number of carbonyl (C=O) groups is 1. The van der Waals surface area contributed by atoms with E-state index in [0.29, 0.717) is 36.0 Å². The van der Waals surface area contributed by atoms with E-state index in [2.05, 4.69) is 5.32 Å². The summed E-state index contributed by atoms with van der Waals surface area (Å²) in [5.41, 5.74) is 1.45. The van der Waals surface area contributed by atoms with Crippen LogP contribution in [0.5, 0.6) is 17.2 Å². The zero-order chi connectivity index (χ0) is 19.6. The Morgan fingerprint density at radius 1 is 1.04 bits per heavy atom. The van der Waals surface area contributed by atoms with E-state index in [4.69, 9.17) is 19.5 Å². The van der Waals surface area contributed by atoms with Crippen LogP contribution >= 0.6 is 0 Å². The van der Waals surface area contributed by atoms with Crippen LogP contribution < -0.4 is 19.5 Å². The quantitative estimate of drug-likeness (QED) is 0.731. The van der Waals surface area contributed by atoms with Gasteiger partial charge in [-0.15, -0.1) is 0 Å². The molecule has 1 amide bonds. The first-order valence-corrected chi connectivity index (χ1v) is 8.89. The molecule has 0 aliphatic heterocycles. The number of nitrogens with zero attached hydrogens (tertiary/aromatic N) is 1. The summed E-state index contributed by atoms with van der Waals surface area (Å²) in [4.78, 5) is 12.2. The van der Waals surface area contributed by atoms with Gasteiger partial charge in [-0.3, -0.25) is 4.79 Å². The molecule has 2 rings (SSSR count). The summed E-state index contributed by atoms with van der Waals surface area (Å²) in [5.74, 6) is 1.65. The molecule has 6 heteroatoms. The first kappa shape index (κ1) is 20.1. The maximum absolute atomic E-state index is 12.2. The highest BCUT2D eigenvalue weighted by Crippen LogP contribution is 2.30. The van der Waals surface area contributed by atoms with Gasteiger partial charge in [0.15, 0.2) is 18.1 Å². The number of amides is 1. The second-order valence-electron chi connectivity index (χ2n) is 5.79. The Morgan fingerprint density at radius 3 is 2.33 bits per heavy atom. The minimum absolute atomic E-state index is 0.106. The van der Waals surface area contributed by atoms with Crippen molar-refractivity contribution in [3.05, 3.63) is 53.6 Å². The Morgan fingerprint density at radius 2 is 1.70 bits per heavy atom. The average molecular weight is 368 g/mol. The van der Waals surface area contributed by atoms with Gasteiger partial charge in [0.05, 0.1) is 30.9 Å². The van der Waals surface area contributed by atoms with E-state index in [0.717, 1.165) is 5.56 Å². The van der Waals surface area contributed by atoms with Gasteiger partial charge in [0.25, 0.3) is 5.91 Å². The van der Waals surface area contributed by atoms with Gasteiger partial charge < -0.3 is 19.5 Å². The van der Waals surface area contributed by atoms with Crippen molar-refractivity contribution in [2.24, 2.45) is 0 Å². The van der Waals surface area contributed by atoms with Crippen molar-refractivity contribution in [3.63, 3.8) is 0 Å². The minimum Gasteiger partial charge on any atom is -0.490 e. The molecular formula is C21H24N2O4.